The van der Waals surface area contributed by atoms with Gasteiger partial charge in [0.2, 0.25) is 0 Å². The Labute approximate surface area is 150 Å². The third-order valence-electron chi connectivity index (χ3n) is 3.82. The third kappa shape index (κ3) is 4.57. The Morgan fingerprint density at radius 1 is 1.00 bits per heavy atom. The second-order valence-corrected chi connectivity index (χ2v) is 5.68. The third-order valence-corrected chi connectivity index (χ3v) is 3.82. The number of rotatable bonds is 7. The van der Waals surface area contributed by atoms with Gasteiger partial charge in [0, 0.05) is 29.9 Å². The molecule has 0 aliphatic carbocycles. The van der Waals surface area contributed by atoms with E-state index in [2.05, 4.69) is 5.32 Å². The number of hydrogen-bond acceptors (Lipinski definition) is 4. The first-order valence-corrected chi connectivity index (χ1v) is 8.05. The SMILES string of the molecule is O=[N+]([O-])c1cccc(NCc2ccccc2OCc2ccc(F)cc2)c1. The lowest BCUT2D eigenvalue weighted by molar-refractivity contribution is -0.384. The molecule has 0 amide bonds. The lowest BCUT2D eigenvalue weighted by Crippen LogP contribution is -2.04. The molecule has 0 heterocycles. The van der Waals surface area contributed by atoms with Crippen molar-refractivity contribution in [1.29, 1.82) is 0 Å². The topological polar surface area (TPSA) is 64.4 Å². The molecule has 0 aliphatic rings. The summed E-state index contributed by atoms with van der Waals surface area (Å²) in [5.74, 6) is 0.421. The van der Waals surface area contributed by atoms with Crippen LogP contribution in [0.5, 0.6) is 5.75 Å². The second-order valence-electron chi connectivity index (χ2n) is 5.68. The van der Waals surface area contributed by atoms with Crippen molar-refractivity contribution in [3.8, 4) is 5.75 Å². The molecule has 1 N–H and O–H groups in total. The molecule has 0 unspecified atom stereocenters. The molecule has 3 aromatic carbocycles. The number of nitro groups is 1. The number of ether oxygens (including phenoxy) is 1. The zero-order chi connectivity index (χ0) is 18.4. The van der Waals surface area contributed by atoms with Crippen LogP contribution in [0.15, 0.2) is 72.8 Å². The molecule has 3 rings (SSSR count). The standard InChI is InChI=1S/C20H17FN2O3/c21-17-10-8-15(9-11-17)14-26-20-7-2-1-4-16(20)13-22-18-5-3-6-19(12-18)23(24)25/h1-12,22H,13-14H2. The molecular formula is C20H17FN2O3. The highest BCUT2D eigenvalue weighted by atomic mass is 19.1. The van der Waals surface area contributed by atoms with Crippen LogP contribution in [0.2, 0.25) is 0 Å². The molecule has 26 heavy (non-hydrogen) atoms. The van der Waals surface area contributed by atoms with Gasteiger partial charge >= 0.3 is 0 Å². The maximum Gasteiger partial charge on any atom is 0.271 e. The highest BCUT2D eigenvalue weighted by molar-refractivity contribution is 5.51. The minimum absolute atomic E-state index is 0.0378. The van der Waals surface area contributed by atoms with Gasteiger partial charge in [0.1, 0.15) is 18.2 Å². The summed E-state index contributed by atoms with van der Waals surface area (Å²) in [4.78, 5) is 10.4. The highest BCUT2D eigenvalue weighted by Gasteiger charge is 2.07. The molecular weight excluding hydrogens is 335 g/mol. The van der Waals surface area contributed by atoms with Crippen LogP contribution in [0.3, 0.4) is 0 Å². The van der Waals surface area contributed by atoms with Gasteiger partial charge < -0.3 is 10.1 Å². The first-order valence-electron chi connectivity index (χ1n) is 8.05. The van der Waals surface area contributed by atoms with Gasteiger partial charge in [0.15, 0.2) is 0 Å². The van der Waals surface area contributed by atoms with E-state index in [9.17, 15) is 14.5 Å². The molecule has 5 nitrogen and oxygen atoms in total. The second kappa shape index (κ2) is 8.11. The van der Waals surface area contributed by atoms with E-state index < -0.39 is 4.92 Å². The average molecular weight is 352 g/mol. The summed E-state index contributed by atoms with van der Waals surface area (Å²) in [6.45, 7) is 0.787. The van der Waals surface area contributed by atoms with Crippen molar-refractivity contribution >= 4 is 11.4 Å². The van der Waals surface area contributed by atoms with Crippen molar-refractivity contribution in [3.63, 3.8) is 0 Å². The number of non-ortho nitro benzene ring substituents is 1. The lowest BCUT2D eigenvalue weighted by atomic mass is 10.2. The van der Waals surface area contributed by atoms with E-state index in [4.69, 9.17) is 4.74 Å². The molecule has 0 aromatic heterocycles. The van der Waals surface area contributed by atoms with Gasteiger partial charge in [0.25, 0.3) is 5.69 Å². The molecule has 0 fully saturated rings. The molecule has 0 aliphatic heterocycles. The van der Waals surface area contributed by atoms with Crippen molar-refractivity contribution in [2.24, 2.45) is 0 Å². The first kappa shape index (κ1) is 17.4. The van der Waals surface area contributed by atoms with E-state index in [1.807, 2.05) is 24.3 Å². The van der Waals surface area contributed by atoms with Crippen LogP contribution in [0.4, 0.5) is 15.8 Å². The molecule has 3 aromatic rings. The molecule has 0 saturated heterocycles. The van der Waals surface area contributed by atoms with Crippen LogP contribution in [0, 0.1) is 15.9 Å². The summed E-state index contributed by atoms with van der Waals surface area (Å²) in [6.07, 6.45) is 0. The van der Waals surface area contributed by atoms with E-state index in [0.717, 1.165) is 11.1 Å². The van der Waals surface area contributed by atoms with Crippen LogP contribution >= 0.6 is 0 Å². The van der Waals surface area contributed by atoms with Crippen LogP contribution < -0.4 is 10.1 Å². The molecule has 0 saturated carbocycles. The predicted molar refractivity (Wildman–Crippen MR) is 97.6 cm³/mol. The normalized spacial score (nSPS) is 10.3. The summed E-state index contributed by atoms with van der Waals surface area (Å²) in [5.41, 5.74) is 2.48. The van der Waals surface area contributed by atoms with Gasteiger partial charge in [-0.15, -0.1) is 0 Å². The number of nitrogens with one attached hydrogen (secondary N) is 1. The summed E-state index contributed by atoms with van der Waals surface area (Å²) >= 11 is 0. The number of para-hydroxylation sites is 1. The Kier molecular flexibility index (Phi) is 5.43. The number of nitrogens with zero attached hydrogens (tertiary/aromatic N) is 1. The van der Waals surface area contributed by atoms with Gasteiger partial charge in [-0.05, 0) is 29.8 Å². The average Bonchev–Trinajstić information content (AvgIpc) is 2.67. The maximum atomic E-state index is 13.0. The number of halogens is 1. The highest BCUT2D eigenvalue weighted by Crippen LogP contribution is 2.22. The van der Waals surface area contributed by atoms with E-state index in [1.165, 1.54) is 24.3 Å². The molecule has 0 spiro atoms. The fraction of sp³-hybridized carbons (Fsp3) is 0.100. The Bertz CT molecular complexity index is 898. The van der Waals surface area contributed by atoms with E-state index in [-0.39, 0.29) is 11.5 Å². The van der Waals surface area contributed by atoms with Crippen LogP contribution in [0.1, 0.15) is 11.1 Å². The number of hydrogen-bond donors (Lipinski definition) is 1. The monoisotopic (exact) mass is 352 g/mol. The van der Waals surface area contributed by atoms with Crippen molar-refractivity contribution in [2.45, 2.75) is 13.2 Å². The summed E-state index contributed by atoms with van der Waals surface area (Å²) in [7, 11) is 0. The van der Waals surface area contributed by atoms with Gasteiger partial charge in [-0.2, -0.15) is 0 Å². The Hall–Kier alpha value is -3.41. The van der Waals surface area contributed by atoms with Gasteiger partial charge in [-0.25, -0.2) is 4.39 Å². The van der Waals surface area contributed by atoms with Crippen molar-refractivity contribution in [1.82, 2.24) is 0 Å². The number of benzene rings is 3. The Balaban J connectivity index is 1.66. The predicted octanol–water partition coefficient (Wildman–Crippen LogP) is 4.93. The number of nitro benzene ring substituents is 1. The van der Waals surface area contributed by atoms with Crippen molar-refractivity contribution in [3.05, 3.63) is 99.9 Å². The fourth-order valence-electron chi connectivity index (χ4n) is 2.46. The largest absolute Gasteiger partial charge is 0.489 e. The minimum Gasteiger partial charge on any atom is -0.489 e. The first-order chi connectivity index (χ1) is 12.6. The zero-order valence-corrected chi connectivity index (χ0v) is 13.9. The van der Waals surface area contributed by atoms with Crippen LogP contribution in [0.25, 0.3) is 0 Å². The van der Waals surface area contributed by atoms with Gasteiger partial charge in [-0.3, -0.25) is 10.1 Å². The molecule has 6 heteroatoms. The minimum atomic E-state index is -0.426. The zero-order valence-electron chi connectivity index (χ0n) is 13.9. The van der Waals surface area contributed by atoms with Crippen molar-refractivity contribution < 1.29 is 14.1 Å². The van der Waals surface area contributed by atoms with E-state index in [0.29, 0.717) is 24.6 Å². The van der Waals surface area contributed by atoms with Crippen molar-refractivity contribution in [2.75, 3.05) is 5.32 Å². The van der Waals surface area contributed by atoms with Crippen LogP contribution in [-0.4, -0.2) is 4.92 Å². The number of anilines is 1. The maximum absolute atomic E-state index is 13.0. The van der Waals surface area contributed by atoms with E-state index >= 15 is 0 Å². The van der Waals surface area contributed by atoms with Gasteiger partial charge in [-0.1, -0.05) is 36.4 Å². The molecule has 0 bridgehead atoms. The van der Waals surface area contributed by atoms with Crippen LogP contribution in [-0.2, 0) is 13.2 Å². The summed E-state index contributed by atoms with van der Waals surface area (Å²) in [6, 6.07) is 20.0. The fourth-order valence-corrected chi connectivity index (χ4v) is 2.46. The summed E-state index contributed by atoms with van der Waals surface area (Å²) < 4.78 is 18.8. The smallest absolute Gasteiger partial charge is 0.271 e. The Morgan fingerprint density at radius 2 is 1.77 bits per heavy atom. The molecule has 132 valence electrons. The van der Waals surface area contributed by atoms with E-state index in [1.54, 1.807) is 24.3 Å². The lowest BCUT2D eigenvalue weighted by Gasteiger charge is -2.13. The van der Waals surface area contributed by atoms with Gasteiger partial charge in [0.05, 0.1) is 4.92 Å². The quantitative estimate of drug-likeness (QED) is 0.484. The summed E-state index contributed by atoms with van der Waals surface area (Å²) in [5, 5.41) is 14.0. The Morgan fingerprint density at radius 3 is 2.54 bits per heavy atom. The molecule has 0 radical (unpaired) electrons. The molecule has 0 atom stereocenters.